The topological polar surface area (TPSA) is 66.8 Å². The maximum atomic E-state index is 11.8. The van der Waals surface area contributed by atoms with Gasteiger partial charge in [-0.15, -0.1) is 0 Å². The first kappa shape index (κ1) is 11.2. The van der Waals surface area contributed by atoms with Crippen molar-refractivity contribution in [3.8, 4) is 0 Å². The average Bonchev–Trinajstić information content (AvgIpc) is 2.53. The van der Waals surface area contributed by atoms with Crippen molar-refractivity contribution in [2.75, 3.05) is 6.54 Å². The van der Waals surface area contributed by atoms with E-state index >= 15 is 0 Å². The van der Waals surface area contributed by atoms with Crippen LogP contribution in [0.4, 0.5) is 4.79 Å². The Kier molecular flexibility index (Phi) is 2.36. The Morgan fingerprint density at radius 3 is 2.44 bits per heavy atom. The molecule has 2 bridgehead atoms. The summed E-state index contributed by atoms with van der Waals surface area (Å²) in [5.41, 5.74) is -0.525. The number of carboxylic acids is 1. The fraction of sp³-hybridized carbons (Fsp3) is 0.818. The Morgan fingerprint density at radius 1 is 1.38 bits per heavy atom. The van der Waals surface area contributed by atoms with Crippen molar-refractivity contribution >= 4 is 12.1 Å². The maximum Gasteiger partial charge on any atom is 0.410 e. The van der Waals surface area contributed by atoms with Gasteiger partial charge in [0, 0.05) is 12.6 Å². The number of nitrogens with zero attached hydrogens (tertiary/aromatic N) is 1. The third-order valence-corrected chi connectivity index (χ3v) is 3.21. The van der Waals surface area contributed by atoms with Gasteiger partial charge in [-0.2, -0.15) is 0 Å². The summed E-state index contributed by atoms with van der Waals surface area (Å²) in [6.45, 7) is 5.94. The Morgan fingerprint density at radius 2 is 2.00 bits per heavy atom. The van der Waals surface area contributed by atoms with E-state index in [0.29, 0.717) is 6.54 Å². The van der Waals surface area contributed by atoms with E-state index < -0.39 is 11.6 Å². The Balaban J connectivity index is 1.99. The van der Waals surface area contributed by atoms with Crippen LogP contribution in [0.15, 0.2) is 0 Å². The minimum Gasteiger partial charge on any atom is -0.481 e. The van der Waals surface area contributed by atoms with Gasteiger partial charge in [-0.3, -0.25) is 4.79 Å². The van der Waals surface area contributed by atoms with E-state index in [1.807, 2.05) is 0 Å². The zero-order valence-electron chi connectivity index (χ0n) is 9.77. The molecule has 1 aliphatic carbocycles. The van der Waals surface area contributed by atoms with Gasteiger partial charge in [0.15, 0.2) is 0 Å². The number of aliphatic carboxylic acids is 1. The van der Waals surface area contributed by atoms with Crippen LogP contribution >= 0.6 is 0 Å². The van der Waals surface area contributed by atoms with E-state index in [9.17, 15) is 9.59 Å². The van der Waals surface area contributed by atoms with Crippen LogP contribution in [0.5, 0.6) is 0 Å². The monoisotopic (exact) mass is 227 g/mol. The van der Waals surface area contributed by atoms with E-state index in [4.69, 9.17) is 9.84 Å². The van der Waals surface area contributed by atoms with Gasteiger partial charge in [-0.1, -0.05) is 0 Å². The summed E-state index contributed by atoms with van der Waals surface area (Å²) in [4.78, 5) is 24.3. The van der Waals surface area contributed by atoms with Gasteiger partial charge in [0.1, 0.15) is 5.60 Å². The number of amides is 1. The summed E-state index contributed by atoms with van der Waals surface area (Å²) in [7, 11) is 0. The molecular weight excluding hydrogens is 210 g/mol. The first-order valence-corrected chi connectivity index (χ1v) is 5.52. The second-order valence-corrected chi connectivity index (χ2v) is 5.56. The molecule has 0 aromatic heterocycles. The molecule has 5 nitrogen and oxygen atoms in total. The largest absolute Gasteiger partial charge is 0.481 e. The SMILES string of the molecule is CC(C)(C)OC(=O)N1C[C@@H]2C[C@H]1C2C(=O)O. The van der Waals surface area contributed by atoms with Crippen LogP contribution in [0.2, 0.25) is 0 Å². The summed E-state index contributed by atoms with van der Waals surface area (Å²) in [6, 6.07) is -0.155. The van der Waals surface area contributed by atoms with Crippen LogP contribution in [0.25, 0.3) is 0 Å². The van der Waals surface area contributed by atoms with Crippen LogP contribution in [0.3, 0.4) is 0 Å². The van der Waals surface area contributed by atoms with Gasteiger partial charge >= 0.3 is 12.1 Å². The van der Waals surface area contributed by atoms with Gasteiger partial charge in [0.25, 0.3) is 0 Å². The van der Waals surface area contributed by atoms with E-state index in [-0.39, 0.29) is 24.0 Å². The smallest absolute Gasteiger partial charge is 0.410 e. The van der Waals surface area contributed by atoms with Crippen molar-refractivity contribution in [2.24, 2.45) is 11.8 Å². The van der Waals surface area contributed by atoms with Crippen LogP contribution in [0.1, 0.15) is 27.2 Å². The first-order chi connectivity index (χ1) is 7.29. The average molecular weight is 227 g/mol. The second-order valence-electron chi connectivity index (χ2n) is 5.56. The third-order valence-electron chi connectivity index (χ3n) is 3.21. The highest BCUT2D eigenvalue weighted by Gasteiger charge is 2.57. The molecule has 1 saturated carbocycles. The molecule has 1 amide bonds. The minimum atomic E-state index is -0.799. The van der Waals surface area contributed by atoms with Crippen molar-refractivity contribution in [1.82, 2.24) is 4.90 Å². The zero-order chi connectivity index (χ0) is 12.1. The molecule has 90 valence electrons. The molecule has 0 aromatic carbocycles. The Bertz CT molecular complexity index is 333. The molecule has 2 saturated heterocycles. The van der Waals surface area contributed by atoms with Gasteiger partial charge in [-0.25, -0.2) is 4.79 Å². The molecule has 16 heavy (non-hydrogen) atoms. The van der Waals surface area contributed by atoms with Crippen molar-refractivity contribution < 1.29 is 19.4 Å². The fourth-order valence-corrected chi connectivity index (χ4v) is 2.52. The third kappa shape index (κ3) is 1.74. The zero-order valence-corrected chi connectivity index (χ0v) is 9.77. The molecule has 3 rings (SSSR count). The number of hydrogen-bond donors (Lipinski definition) is 1. The molecule has 1 unspecified atom stereocenters. The molecule has 0 radical (unpaired) electrons. The maximum absolute atomic E-state index is 11.8. The molecule has 5 heteroatoms. The highest BCUT2D eigenvalue weighted by molar-refractivity contribution is 5.77. The van der Waals surface area contributed by atoms with Crippen molar-refractivity contribution in [2.45, 2.75) is 38.8 Å². The van der Waals surface area contributed by atoms with Gasteiger partial charge in [0.05, 0.1) is 5.92 Å². The number of carbonyl (C=O) groups is 2. The molecule has 3 fully saturated rings. The minimum absolute atomic E-state index is 0.120. The molecule has 3 atom stereocenters. The number of ether oxygens (including phenoxy) is 1. The molecule has 0 spiro atoms. The van der Waals surface area contributed by atoms with Crippen molar-refractivity contribution in [3.05, 3.63) is 0 Å². The highest BCUT2D eigenvalue weighted by atomic mass is 16.6. The highest BCUT2D eigenvalue weighted by Crippen LogP contribution is 2.46. The fourth-order valence-electron chi connectivity index (χ4n) is 2.52. The number of carboxylic acid groups (broad SMARTS) is 1. The normalized spacial score (nSPS) is 32.2. The van der Waals surface area contributed by atoms with Crippen LogP contribution in [-0.4, -0.2) is 40.3 Å². The van der Waals surface area contributed by atoms with Gasteiger partial charge in [0.2, 0.25) is 0 Å². The van der Waals surface area contributed by atoms with E-state index in [1.54, 1.807) is 25.7 Å². The standard InChI is InChI=1S/C11H17NO4/c1-11(2,3)16-10(15)12-5-6-4-7(12)8(6)9(13)14/h6-8H,4-5H2,1-3H3,(H,13,14)/t6-,7-,8?/m0/s1. The van der Waals surface area contributed by atoms with Crippen LogP contribution < -0.4 is 0 Å². The predicted molar refractivity (Wildman–Crippen MR) is 56.0 cm³/mol. The second kappa shape index (κ2) is 3.37. The molecule has 3 aliphatic rings. The van der Waals surface area contributed by atoms with Gasteiger partial charge in [-0.05, 0) is 33.1 Å². The van der Waals surface area contributed by atoms with Crippen molar-refractivity contribution in [1.29, 1.82) is 0 Å². The number of rotatable bonds is 1. The molecule has 2 aliphatic heterocycles. The lowest BCUT2D eigenvalue weighted by Gasteiger charge is -2.33. The van der Waals surface area contributed by atoms with E-state index in [2.05, 4.69) is 0 Å². The van der Waals surface area contributed by atoms with Crippen molar-refractivity contribution in [3.63, 3.8) is 0 Å². The molecular formula is C11H17NO4. The molecule has 2 heterocycles. The molecule has 0 aromatic rings. The van der Waals surface area contributed by atoms with E-state index in [0.717, 1.165) is 6.42 Å². The number of hydrogen-bond acceptors (Lipinski definition) is 3. The Hall–Kier alpha value is -1.26. The summed E-state index contributed by atoms with van der Waals surface area (Å²) in [5, 5.41) is 8.97. The van der Waals surface area contributed by atoms with Crippen LogP contribution in [0, 0.1) is 11.8 Å². The summed E-state index contributed by atoms with van der Waals surface area (Å²) >= 11 is 0. The quantitative estimate of drug-likeness (QED) is 0.733. The lowest BCUT2D eigenvalue weighted by atomic mass is 9.74. The Labute approximate surface area is 94.4 Å². The van der Waals surface area contributed by atoms with Crippen LogP contribution in [-0.2, 0) is 9.53 Å². The number of carbonyl (C=O) groups excluding carboxylic acids is 1. The predicted octanol–water partition coefficient (Wildman–Crippen LogP) is 1.33. The summed E-state index contributed by atoms with van der Waals surface area (Å²) in [6.07, 6.45) is 0.416. The van der Waals surface area contributed by atoms with E-state index in [1.165, 1.54) is 0 Å². The lowest BCUT2D eigenvalue weighted by molar-refractivity contribution is -0.147. The summed E-state index contributed by atoms with van der Waals surface area (Å²) < 4.78 is 5.24. The molecule has 1 N–H and O–H groups in total. The van der Waals surface area contributed by atoms with Gasteiger partial charge < -0.3 is 14.7 Å². The first-order valence-electron chi connectivity index (χ1n) is 5.52. The summed E-state index contributed by atoms with van der Waals surface area (Å²) in [5.74, 6) is -1.06. The number of fused-ring (bicyclic) bond motifs is 1. The lowest BCUT2D eigenvalue weighted by Crippen LogP contribution is -2.46.